The van der Waals surface area contributed by atoms with Gasteiger partial charge in [-0.25, -0.2) is 0 Å². The summed E-state index contributed by atoms with van der Waals surface area (Å²) in [5.41, 5.74) is 1.51. The summed E-state index contributed by atoms with van der Waals surface area (Å²) in [7, 11) is 0. The molecule has 28 heavy (non-hydrogen) atoms. The highest BCUT2D eigenvalue weighted by Crippen LogP contribution is 2.30. The van der Waals surface area contributed by atoms with Gasteiger partial charge < -0.3 is 14.5 Å². The van der Waals surface area contributed by atoms with Crippen molar-refractivity contribution in [1.29, 1.82) is 0 Å². The molecule has 0 radical (unpaired) electrons. The van der Waals surface area contributed by atoms with Crippen LogP contribution < -0.4 is 15.5 Å². The third-order valence-electron chi connectivity index (χ3n) is 4.20. The van der Waals surface area contributed by atoms with Gasteiger partial charge in [0.25, 0.3) is 5.91 Å². The molecule has 1 N–H and O–H groups in total. The van der Waals surface area contributed by atoms with E-state index >= 15 is 0 Å². The summed E-state index contributed by atoms with van der Waals surface area (Å²) in [6.07, 6.45) is 0. The van der Waals surface area contributed by atoms with Crippen LogP contribution in [0.25, 0.3) is 22.3 Å². The fourth-order valence-corrected chi connectivity index (χ4v) is 2.89. The minimum absolute atomic E-state index is 0.0214. The zero-order valence-corrected chi connectivity index (χ0v) is 14.9. The lowest BCUT2D eigenvalue weighted by molar-refractivity contribution is -0.118. The number of hydrogen-bond donors (Lipinski definition) is 1. The van der Waals surface area contributed by atoms with Crippen LogP contribution in [0, 0.1) is 0 Å². The van der Waals surface area contributed by atoms with Crippen molar-refractivity contribution in [1.82, 2.24) is 0 Å². The van der Waals surface area contributed by atoms with E-state index in [-0.39, 0.29) is 23.7 Å². The van der Waals surface area contributed by atoms with E-state index in [1.54, 1.807) is 36.4 Å². The molecule has 0 saturated carbocycles. The highest BCUT2D eigenvalue weighted by atomic mass is 16.5. The smallest absolute Gasteiger partial charge is 0.262 e. The quantitative estimate of drug-likeness (QED) is 0.562. The van der Waals surface area contributed by atoms with Gasteiger partial charge in [0.1, 0.15) is 5.58 Å². The summed E-state index contributed by atoms with van der Waals surface area (Å²) >= 11 is 0. The number of fused-ring (bicyclic) bond motifs is 1. The van der Waals surface area contributed by atoms with Crippen LogP contribution >= 0.6 is 0 Å². The Morgan fingerprint density at radius 3 is 2.25 bits per heavy atom. The topological polar surface area (TPSA) is 68.5 Å². The zero-order valence-electron chi connectivity index (χ0n) is 14.9. The number of anilines is 1. The molecule has 0 aliphatic heterocycles. The molecule has 1 heterocycles. The number of nitrogens with one attached hydrogen (secondary N) is 1. The van der Waals surface area contributed by atoms with Crippen LogP contribution in [0.4, 0.5) is 5.69 Å². The second-order valence-corrected chi connectivity index (χ2v) is 6.15. The Hall–Kier alpha value is -3.86. The molecule has 1 amide bonds. The molecule has 5 heteroatoms. The highest BCUT2D eigenvalue weighted by molar-refractivity contribution is 5.92. The third kappa shape index (κ3) is 3.64. The minimum Gasteiger partial charge on any atom is -0.476 e. The first kappa shape index (κ1) is 17.5. The Morgan fingerprint density at radius 2 is 1.50 bits per heavy atom. The lowest BCUT2D eigenvalue weighted by Crippen LogP contribution is -2.22. The Kier molecular flexibility index (Phi) is 4.89. The standard InChI is InChI=1S/C23H17NO4/c25-20(24-17-11-5-2-6-12-17)15-27-23-21(26)18-13-7-8-14-19(18)28-22(23)16-9-3-1-4-10-16/h1-14H,15H2,(H,24,25). The molecule has 0 aliphatic rings. The third-order valence-corrected chi connectivity index (χ3v) is 4.20. The van der Waals surface area contributed by atoms with E-state index in [2.05, 4.69) is 5.32 Å². The summed E-state index contributed by atoms with van der Waals surface area (Å²) < 4.78 is 11.6. The zero-order chi connectivity index (χ0) is 19.3. The Morgan fingerprint density at radius 1 is 0.857 bits per heavy atom. The van der Waals surface area contributed by atoms with Crippen molar-refractivity contribution in [3.63, 3.8) is 0 Å². The average molecular weight is 371 g/mol. The molecule has 0 atom stereocenters. The molecule has 3 aromatic carbocycles. The van der Waals surface area contributed by atoms with Gasteiger partial charge in [-0.3, -0.25) is 9.59 Å². The van der Waals surface area contributed by atoms with Crippen molar-refractivity contribution < 1.29 is 13.9 Å². The van der Waals surface area contributed by atoms with Crippen LogP contribution in [0.1, 0.15) is 0 Å². The van der Waals surface area contributed by atoms with Crippen LogP contribution in [0.3, 0.4) is 0 Å². The van der Waals surface area contributed by atoms with Crippen LogP contribution in [-0.2, 0) is 4.79 Å². The minimum atomic E-state index is -0.363. The average Bonchev–Trinajstić information content (AvgIpc) is 2.74. The monoisotopic (exact) mass is 371 g/mol. The summed E-state index contributed by atoms with van der Waals surface area (Å²) in [6, 6.07) is 25.2. The number of rotatable bonds is 5. The first-order valence-corrected chi connectivity index (χ1v) is 8.81. The number of carbonyl (C=O) groups is 1. The number of benzene rings is 3. The van der Waals surface area contributed by atoms with E-state index in [9.17, 15) is 9.59 Å². The van der Waals surface area contributed by atoms with Gasteiger partial charge in [0, 0.05) is 11.3 Å². The molecule has 0 bridgehead atoms. The van der Waals surface area contributed by atoms with Gasteiger partial charge >= 0.3 is 0 Å². The summed E-state index contributed by atoms with van der Waals surface area (Å²) in [4.78, 5) is 25.2. The molecular formula is C23H17NO4. The molecular weight excluding hydrogens is 354 g/mol. The first-order chi connectivity index (χ1) is 13.7. The molecule has 0 aliphatic carbocycles. The molecule has 0 fully saturated rings. The SMILES string of the molecule is O=C(COc1c(-c2ccccc2)oc2ccccc2c1=O)Nc1ccccc1. The van der Waals surface area contributed by atoms with E-state index in [1.807, 2.05) is 48.5 Å². The maximum atomic E-state index is 13.0. The fourth-order valence-electron chi connectivity index (χ4n) is 2.89. The number of carbonyl (C=O) groups excluding carboxylic acids is 1. The molecule has 5 nitrogen and oxygen atoms in total. The van der Waals surface area contributed by atoms with E-state index in [0.717, 1.165) is 0 Å². The van der Waals surface area contributed by atoms with Crippen LogP contribution in [0.5, 0.6) is 5.75 Å². The second-order valence-electron chi connectivity index (χ2n) is 6.15. The lowest BCUT2D eigenvalue weighted by Gasteiger charge is -2.12. The molecule has 1 aromatic heterocycles. The van der Waals surface area contributed by atoms with Crippen molar-refractivity contribution >= 4 is 22.6 Å². The van der Waals surface area contributed by atoms with Crippen molar-refractivity contribution in [3.05, 3.63) is 95.2 Å². The maximum absolute atomic E-state index is 13.0. The second kappa shape index (κ2) is 7.80. The normalized spacial score (nSPS) is 10.6. The first-order valence-electron chi connectivity index (χ1n) is 8.81. The number of amides is 1. The molecule has 4 rings (SSSR count). The predicted octanol–water partition coefficient (Wildman–Crippen LogP) is 4.48. The van der Waals surface area contributed by atoms with Gasteiger partial charge in [-0.15, -0.1) is 0 Å². The molecule has 0 unspecified atom stereocenters. The molecule has 0 spiro atoms. The summed E-state index contributed by atoms with van der Waals surface area (Å²) in [5, 5.41) is 3.13. The van der Waals surface area contributed by atoms with Crippen molar-refractivity contribution in [2.24, 2.45) is 0 Å². The number of hydrogen-bond acceptors (Lipinski definition) is 4. The van der Waals surface area contributed by atoms with E-state index in [4.69, 9.17) is 9.15 Å². The van der Waals surface area contributed by atoms with Crippen LogP contribution in [0.15, 0.2) is 94.1 Å². The van der Waals surface area contributed by atoms with Gasteiger partial charge in [-0.1, -0.05) is 60.7 Å². The Labute approximate surface area is 161 Å². The Bertz CT molecular complexity index is 1170. The molecule has 138 valence electrons. The van der Waals surface area contributed by atoms with Crippen LogP contribution in [0.2, 0.25) is 0 Å². The summed E-state index contributed by atoms with van der Waals surface area (Å²) in [6.45, 7) is -0.308. The van der Waals surface area contributed by atoms with Gasteiger partial charge in [-0.05, 0) is 24.3 Å². The predicted molar refractivity (Wildman–Crippen MR) is 108 cm³/mol. The van der Waals surface area contributed by atoms with Crippen LogP contribution in [-0.4, -0.2) is 12.5 Å². The molecule has 0 saturated heterocycles. The highest BCUT2D eigenvalue weighted by Gasteiger charge is 2.18. The van der Waals surface area contributed by atoms with Crippen molar-refractivity contribution in [3.8, 4) is 17.1 Å². The molecule has 4 aromatic rings. The summed E-state index contributed by atoms with van der Waals surface area (Å²) in [5.74, 6) is -0.0392. The number of para-hydroxylation sites is 2. The maximum Gasteiger partial charge on any atom is 0.262 e. The largest absolute Gasteiger partial charge is 0.476 e. The van der Waals surface area contributed by atoms with E-state index in [0.29, 0.717) is 28.0 Å². The van der Waals surface area contributed by atoms with E-state index < -0.39 is 0 Å². The van der Waals surface area contributed by atoms with Gasteiger partial charge in [0.15, 0.2) is 12.4 Å². The van der Waals surface area contributed by atoms with E-state index in [1.165, 1.54) is 0 Å². The Balaban J connectivity index is 1.68. The van der Waals surface area contributed by atoms with Gasteiger partial charge in [0.05, 0.1) is 5.39 Å². The lowest BCUT2D eigenvalue weighted by atomic mass is 10.1. The fraction of sp³-hybridized carbons (Fsp3) is 0.0435. The van der Waals surface area contributed by atoms with Crippen molar-refractivity contribution in [2.45, 2.75) is 0 Å². The van der Waals surface area contributed by atoms with Gasteiger partial charge in [-0.2, -0.15) is 0 Å². The number of ether oxygens (including phenoxy) is 1. The van der Waals surface area contributed by atoms with Crippen molar-refractivity contribution in [2.75, 3.05) is 11.9 Å². The van der Waals surface area contributed by atoms with Gasteiger partial charge in [0.2, 0.25) is 11.2 Å².